The molecule has 1 saturated heterocycles. The summed E-state index contributed by atoms with van der Waals surface area (Å²) < 4.78 is 2.32. The highest BCUT2D eigenvalue weighted by atomic mass is 16.4. The van der Waals surface area contributed by atoms with Crippen molar-refractivity contribution in [3.05, 3.63) is 51.9 Å². The number of aromatic amines is 1. The van der Waals surface area contributed by atoms with Crippen LogP contribution < -0.4 is 10.9 Å². The molecule has 1 aromatic carbocycles. The van der Waals surface area contributed by atoms with Gasteiger partial charge in [0.1, 0.15) is 11.9 Å². The highest BCUT2D eigenvalue weighted by Gasteiger charge is 2.25. The van der Waals surface area contributed by atoms with Crippen molar-refractivity contribution in [2.75, 3.05) is 20.1 Å². The SMILES string of the molecule is Cc1cc(-c2nc3cc(CN[C@@H](CC(C)C)C(=O)O)ccc3n2C2CCN(C)CC2)c[nH]c1=O. The average Bonchev–Trinajstić information content (AvgIpc) is 3.17. The number of carbonyl (C=O) groups is 1. The van der Waals surface area contributed by atoms with Crippen LogP contribution in [0.15, 0.2) is 35.3 Å². The zero-order chi connectivity index (χ0) is 24.4. The molecule has 3 N–H and O–H groups in total. The minimum atomic E-state index is -0.822. The molecule has 1 aliphatic heterocycles. The molecule has 4 rings (SSSR count). The molecule has 182 valence electrons. The van der Waals surface area contributed by atoms with Crippen molar-refractivity contribution < 1.29 is 9.90 Å². The van der Waals surface area contributed by atoms with Gasteiger partial charge in [0.25, 0.3) is 5.56 Å². The second kappa shape index (κ2) is 10.1. The summed E-state index contributed by atoms with van der Waals surface area (Å²) in [6.07, 6.45) is 4.40. The predicted octanol–water partition coefficient (Wildman–Crippen LogP) is 3.56. The lowest BCUT2D eigenvalue weighted by molar-refractivity contribution is -0.140. The van der Waals surface area contributed by atoms with E-state index in [0.29, 0.717) is 30.5 Å². The third-order valence-corrected chi connectivity index (χ3v) is 6.71. The first-order valence-corrected chi connectivity index (χ1v) is 12.1. The summed E-state index contributed by atoms with van der Waals surface area (Å²) in [7, 11) is 2.15. The van der Waals surface area contributed by atoms with E-state index in [0.717, 1.165) is 53.9 Å². The molecule has 0 aliphatic carbocycles. The molecule has 3 heterocycles. The Morgan fingerprint density at radius 3 is 2.65 bits per heavy atom. The highest BCUT2D eigenvalue weighted by Crippen LogP contribution is 2.33. The second-order valence-electron chi connectivity index (χ2n) is 9.96. The summed E-state index contributed by atoms with van der Waals surface area (Å²) in [4.78, 5) is 33.7. The molecule has 0 spiro atoms. The van der Waals surface area contributed by atoms with Gasteiger partial charge in [-0.05, 0) is 76.0 Å². The minimum Gasteiger partial charge on any atom is -0.480 e. The fourth-order valence-electron chi connectivity index (χ4n) is 4.79. The van der Waals surface area contributed by atoms with Crippen LogP contribution in [0, 0.1) is 12.8 Å². The lowest BCUT2D eigenvalue weighted by atomic mass is 10.0. The zero-order valence-electron chi connectivity index (χ0n) is 20.5. The van der Waals surface area contributed by atoms with Crippen molar-refractivity contribution in [1.82, 2.24) is 24.8 Å². The summed E-state index contributed by atoms with van der Waals surface area (Å²) in [5.74, 6) is 0.332. The molecule has 0 unspecified atom stereocenters. The van der Waals surface area contributed by atoms with Crippen LogP contribution in [0.4, 0.5) is 0 Å². The number of rotatable bonds is 8. The first-order valence-electron chi connectivity index (χ1n) is 12.1. The molecule has 0 saturated carbocycles. The maximum Gasteiger partial charge on any atom is 0.320 e. The van der Waals surface area contributed by atoms with Crippen LogP contribution in [0.3, 0.4) is 0 Å². The van der Waals surface area contributed by atoms with Gasteiger partial charge in [-0.2, -0.15) is 0 Å². The van der Waals surface area contributed by atoms with E-state index in [1.807, 2.05) is 32.9 Å². The molecule has 8 nitrogen and oxygen atoms in total. The molecular weight excluding hydrogens is 430 g/mol. The van der Waals surface area contributed by atoms with Crippen LogP contribution in [0.5, 0.6) is 0 Å². The molecule has 0 radical (unpaired) electrons. The molecule has 2 aromatic heterocycles. The number of hydrogen-bond acceptors (Lipinski definition) is 5. The average molecular weight is 466 g/mol. The number of piperidine rings is 1. The number of nitrogens with one attached hydrogen (secondary N) is 2. The molecule has 1 aliphatic rings. The minimum absolute atomic E-state index is 0.0894. The normalized spacial score (nSPS) is 16.4. The van der Waals surface area contributed by atoms with Crippen molar-refractivity contribution in [2.45, 2.75) is 58.7 Å². The Morgan fingerprint density at radius 2 is 2.00 bits per heavy atom. The first kappa shape index (κ1) is 24.2. The van der Waals surface area contributed by atoms with Crippen molar-refractivity contribution in [3.8, 4) is 11.4 Å². The number of H-pyrrole nitrogens is 1. The van der Waals surface area contributed by atoms with Gasteiger partial charge in [-0.25, -0.2) is 4.98 Å². The number of carboxylic acid groups (broad SMARTS) is 1. The topological polar surface area (TPSA) is 103 Å². The number of hydrogen-bond donors (Lipinski definition) is 3. The molecular formula is C26H35N5O3. The van der Waals surface area contributed by atoms with E-state index in [1.165, 1.54) is 0 Å². The van der Waals surface area contributed by atoms with Crippen LogP contribution in [-0.2, 0) is 11.3 Å². The van der Waals surface area contributed by atoms with Gasteiger partial charge in [-0.1, -0.05) is 19.9 Å². The third kappa shape index (κ3) is 5.23. The number of nitrogens with zero attached hydrogens (tertiary/aromatic N) is 3. The number of imidazole rings is 1. The van der Waals surface area contributed by atoms with Crippen LogP contribution in [-0.4, -0.2) is 56.7 Å². The van der Waals surface area contributed by atoms with Gasteiger partial charge in [0.2, 0.25) is 0 Å². The Balaban J connectivity index is 1.70. The largest absolute Gasteiger partial charge is 0.480 e. The van der Waals surface area contributed by atoms with E-state index in [9.17, 15) is 14.7 Å². The van der Waals surface area contributed by atoms with Gasteiger partial charge in [0.05, 0.1) is 11.0 Å². The quantitative estimate of drug-likeness (QED) is 0.470. The molecule has 8 heteroatoms. The van der Waals surface area contributed by atoms with Gasteiger partial charge >= 0.3 is 5.97 Å². The summed E-state index contributed by atoms with van der Waals surface area (Å²) in [6.45, 7) is 8.39. The van der Waals surface area contributed by atoms with Crippen LogP contribution in [0.1, 0.15) is 50.3 Å². The maximum atomic E-state index is 11.9. The molecule has 1 fully saturated rings. The van der Waals surface area contributed by atoms with Gasteiger partial charge in [0.15, 0.2) is 0 Å². The Kier molecular flexibility index (Phi) is 7.19. The fraction of sp³-hybridized carbons (Fsp3) is 0.500. The number of aryl methyl sites for hydroxylation is 1. The Morgan fingerprint density at radius 1 is 1.26 bits per heavy atom. The van der Waals surface area contributed by atoms with E-state index in [1.54, 1.807) is 6.20 Å². The monoisotopic (exact) mass is 465 g/mol. The third-order valence-electron chi connectivity index (χ3n) is 6.71. The lowest BCUT2D eigenvalue weighted by Gasteiger charge is -2.31. The number of aliphatic carboxylic acids is 1. The van der Waals surface area contributed by atoms with Crippen LogP contribution >= 0.6 is 0 Å². The Labute approximate surface area is 200 Å². The predicted molar refractivity (Wildman–Crippen MR) is 134 cm³/mol. The summed E-state index contributed by atoms with van der Waals surface area (Å²) in [6, 6.07) is 7.85. The van der Waals surface area contributed by atoms with Crippen molar-refractivity contribution in [2.24, 2.45) is 5.92 Å². The number of fused-ring (bicyclic) bond motifs is 1. The standard InChI is InChI=1S/C26H35N5O3/c1-16(2)11-22(26(33)34)27-14-18-5-6-23-21(13-18)29-24(19-12-17(3)25(32)28-15-19)31(23)20-7-9-30(4)10-8-20/h5-6,12-13,15-16,20,22,27H,7-11,14H2,1-4H3,(H,28,32)(H,33,34)/t22-/m0/s1. The number of benzene rings is 1. The van der Waals surface area contributed by atoms with E-state index in [-0.39, 0.29) is 5.56 Å². The van der Waals surface area contributed by atoms with Crippen LogP contribution in [0.25, 0.3) is 22.4 Å². The van der Waals surface area contributed by atoms with Gasteiger partial charge in [-0.15, -0.1) is 0 Å². The van der Waals surface area contributed by atoms with Gasteiger partial charge in [-0.3, -0.25) is 9.59 Å². The molecule has 0 bridgehead atoms. The fourth-order valence-corrected chi connectivity index (χ4v) is 4.79. The Bertz CT molecular complexity index is 1220. The second-order valence-corrected chi connectivity index (χ2v) is 9.96. The highest BCUT2D eigenvalue weighted by molar-refractivity contribution is 5.81. The molecule has 34 heavy (non-hydrogen) atoms. The molecule has 3 aromatic rings. The lowest BCUT2D eigenvalue weighted by Crippen LogP contribution is -2.37. The van der Waals surface area contributed by atoms with Crippen molar-refractivity contribution in [1.29, 1.82) is 0 Å². The number of likely N-dealkylation sites (tertiary alicyclic amines) is 1. The smallest absolute Gasteiger partial charge is 0.320 e. The Hall–Kier alpha value is -2.97. The summed E-state index contributed by atoms with van der Waals surface area (Å²) in [5, 5.41) is 12.7. The van der Waals surface area contributed by atoms with E-state index in [2.05, 4.69) is 38.9 Å². The molecule has 0 amide bonds. The number of pyridine rings is 1. The summed E-state index contributed by atoms with van der Waals surface area (Å²) in [5.41, 5.74) is 4.42. The van der Waals surface area contributed by atoms with Gasteiger partial charge < -0.3 is 24.9 Å². The maximum absolute atomic E-state index is 11.9. The number of carboxylic acids is 1. The van der Waals surface area contributed by atoms with E-state index < -0.39 is 12.0 Å². The zero-order valence-corrected chi connectivity index (χ0v) is 20.5. The summed E-state index contributed by atoms with van der Waals surface area (Å²) >= 11 is 0. The van der Waals surface area contributed by atoms with E-state index in [4.69, 9.17) is 4.98 Å². The number of aromatic nitrogens is 3. The van der Waals surface area contributed by atoms with Crippen molar-refractivity contribution in [3.63, 3.8) is 0 Å². The van der Waals surface area contributed by atoms with Crippen molar-refractivity contribution >= 4 is 17.0 Å². The first-order chi connectivity index (χ1) is 16.2. The van der Waals surface area contributed by atoms with E-state index >= 15 is 0 Å². The molecule has 1 atom stereocenters. The van der Waals surface area contributed by atoms with Gasteiger partial charge in [0, 0.05) is 29.9 Å². The van der Waals surface area contributed by atoms with Crippen LogP contribution in [0.2, 0.25) is 0 Å².